The molecule has 3 aromatic rings. The first-order valence-electron chi connectivity index (χ1n) is 8.32. The monoisotopic (exact) mass is 399 g/mol. The number of rotatable bonds is 8. The van der Waals surface area contributed by atoms with E-state index in [2.05, 4.69) is 5.32 Å². The van der Waals surface area contributed by atoms with Crippen molar-refractivity contribution in [3.05, 3.63) is 74.6 Å². The van der Waals surface area contributed by atoms with Crippen LogP contribution in [0.25, 0.3) is 0 Å². The van der Waals surface area contributed by atoms with E-state index < -0.39 is 5.97 Å². The number of benzene rings is 1. The smallest absolute Gasteiger partial charge is 0.338 e. The lowest BCUT2D eigenvalue weighted by Gasteiger charge is -2.06. The molecule has 7 heteroatoms. The Morgan fingerprint density at radius 2 is 1.56 bits per heavy atom. The predicted molar refractivity (Wildman–Crippen MR) is 107 cm³/mol. The maximum Gasteiger partial charge on any atom is 0.338 e. The van der Waals surface area contributed by atoms with E-state index in [1.54, 1.807) is 36.4 Å². The highest BCUT2D eigenvalue weighted by Crippen LogP contribution is 2.15. The van der Waals surface area contributed by atoms with Crippen LogP contribution in [0.4, 0.5) is 5.69 Å². The molecule has 0 bridgehead atoms. The Kier molecular flexibility index (Phi) is 6.51. The van der Waals surface area contributed by atoms with Crippen LogP contribution in [0.5, 0.6) is 0 Å². The number of anilines is 1. The van der Waals surface area contributed by atoms with Gasteiger partial charge in [-0.1, -0.05) is 12.1 Å². The molecule has 5 nitrogen and oxygen atoms in total. The van der Waals surface area contributed by atoms with Gasteiger partial charge in [0.05, 0.1) is 21.9 Å². The summed E-state index contributed by atoms with van der Waals surface area (Å²) in [4.78, 5) is 37.2. The molecule has 3 rings (SSSR count). The second-order valence-corrected chi connectivity index (χ2v) is 7.54. The van der Waals surface area contributed by atoms with Gasteiger partial charge in [0.25, 0.3) is 5.91 Å². The highest BCUT2D eigenvalue weighted by Gasteiger charge is 2.11. The number of hydrogen-bond acceptors (Lipinski definition) is 6. The van der Waals surface area contributed by atoms with Crippen LogP contribution in [0.3, 0.4) is 0 Å². The van der Waals surface area contributed by atoms with E-state index in [4.69, 9.17) is 4.74 Å². The molecule has 0 radical (unpaired) electrons. The van der Waals surface area contributed by atoms with Gasteiger partial charge in [-0.25, -0.2) is 4.79 Å². The van der Waals surface area contributed by atoms with Crippen molar-refractivity contribution in [1.29, 1.82) is 0 Å². The van der Waals surface area contributed by atoms with Gasteiger partial charge >= 0.3 is 5.97 Å². The minimum Gasteiger partial charge on any atom is -0.462 e. The summed E-state index contributed by atoms with van der Waals surface area (Å²) in [5.74, 6) is -0.572. The molecule has 0 aliphatic heterocycles. The van der Waals surface area contributed by atoms with Gasteiger partial charge in [0, 0.05) is 12.1 Å². The highest BCUT2D eigenvalue weighted by molar-refractivity contribution is 7.12. The van der Waals surface area contributed by atoms with Crippen LogP contribution in [-0.2, 0) is 4.74 Å². The molecule has 0 unspecified atom stereocenters. The molecule has 1 N–H and O–H groups in total. The van der Waals surface area contributed by atoms with E-state index >= 15 is 0 Å². The largest absolute Gasteiger partial charge is 0.462 e. The van der Waals surface area contributed by atoms with E-state index in [0.717, 1.165) is 4.88 Å². The Morgan fingerprint density at radius 1 is 0.889 bits per heavy atom. The molecular formula is C20H17NO4S2. The predicted octanol–water partition coefficient (Wildman–Crippen LogP) is 4.88. The first-order chi connectivity index (χ1) is 13.1. The van der Waals surface area contributed by atoms with Crippen molar-refractivity contribution in [3.8, 4) is 0 Å². The molecule has 0 aliphatic rings. The number of thiophene rings is 2. The van der Waals surface area contributed by atoms with E-state index in [1.807, 2.05) is 22.9 Å². The standard InChI is InChI=1S/C20H17NO4S2/c22-16(17-5-2-12-26-17)4-1-11-25-20(24)14-7-9-15(10-8-14)21-19(23)18-6-3-13-27-18/h2-3,5-10,12-13H,1,4,11H2,(H,21,23). The summed E-state index contributed by atoms with van der Waals surface area (Å²) in [7, 11) is 0. The number of carbonyl (C=O) groups is 3. The molecule has 0 saturated heterocycles. The Labute approximate surface area is 164 Å². The third-order valence-electron chi connectivity index (χ3n) is 3.70. The third-order valence-corrected chi connectivity index (χ3v) is 5.48. The molecule has 1 aromatic carbocycles. The van der Waals surface area contributed by atoms with Crippen LogP contribution >= 0.6 is 22.7 Å². The Morgan fingerprint density at radius 3 is 2.19 bits per heavy atom. The van der Waals surface area contributed by atoms with Crippen LogP contribution in [0.1, 0.15) is 42.5 Å². The van der Waals surface area contributed by atoms with E-state index in [0.29, 0.717) is 29.0 Å². The summed E-state index contributed by atoms with van der Waals surface area (Å²) in [5.41, 5.74) is 1.00. The number of amides is 1. The van der Waals surface area contributed by atoms with Crippen molar-refractivity contribution in [3.63, 3.8) is 0 Å². The fraction of sp³-hybridized carbons (Fsp3) is 0.150. The van der Waals surface area contributed by atoms with Crippen molar-refractivity contribution in [1.82, 2.24) is 0 Å². The molecule has 27 heavy (non-hydrogen) atoms. The maximum absolute atomic E-state index is 12.0. The second-order valence-electron chi connectivity index (χ2n) is 5.65. The van der Waals surface area contributed by atoms with E-state index in [-0.39, 0.29) is 18.3 Å². The van der Waals surface area contributed by atoms with Gasteiger partial charge in [-0.2, -0.15) is 0 Å². The number of nitrogens with one attached hydrogen (secondary N) is 1. The molecule has 2 heterocycles. The van der Waals surface area contributed by atoms with Crippen LogP contribution < -0.4 is 5.32 Å². The summed E-state index contributed by atoms with van der Waals surface area (Å²) in [6.07, 6.45) is 0.832. The number of hydrogen-bond donors (Lipinski definition) is 1. The molecule has 138 valence electrons. The van der Waals surface area contributed by atoms with Gasteiger partial charge in [0.2, 0.25) is 0 Å². The maximum atomic E-state index is 12.0. The summed E-state index contributed by atoms with van der Waals surface area (Å²) < 4.78 is 5.20. The van der Waals surface area contributed by atoms with Crippen molar-refractivity contribution < 1.29 is 19.1 Å². The summed E-state index contributed by atoms with van der Waals surface area (Å²) in [5, 5.41) is 6.47. The molecule has 0 spiro atoms. The lowest BCUT2D eigenvalue weighted by atomic mass is 10.2. The number of ketones is 1. The van der Waals surface area contributed by atoms with Gasteiger partial charge in [0.15, 0.2) is 5.78 Å². The molecule has 0 fully saturated rings. The summed E-state index contributed by atoms with van der Waals surface area (Å²) in [6.45, 7) is 0.187. The normalized spacial score (nSPS) is 10.4. The van der Waals surface area contributed by atoms with Crippen LogP contribution in [0.2, 0.25) is 0 Å². The van der Waals surface area contributed by atoms with Crippen molar-refractivity contribution in [2.75, 3.05) is 11.9 Å². The van der Waals surface area contributed by atoms with Crippen molar-refractivity contribution in [2.45, 2.75) is 12.8 Å². The third kappa shape index (κ3) is 5.35. The minimum atomic E-state index is -0.449. The fourth-order valence-electron chi connectivity index (χ4n) is 2.33. The Hall–Kier alpha value is -2.77. The minimum absolute atomic E-state index is 0.0619. The van der Waals surface area contributed by atoms with E-state index in [1.165, 1.54) is 22.7 Å². The first kappa shape index (κ1) is 19.0. The Balaban J connectivity index is 1.43. The highest BCUT2D eigenvalue weighted by atomic mass is 32.1. The molecule has 0 atom stereocenters. The number of ether oxygens (including phenoxy) is 1. The second kappa shape index (κ2) is 9.25. The van der Waals surface area contributed by atoms with Crippen molar-refractivity contribution in [2.24, 2.45) is 0 Å². The van der Waals surface area contributed by atoms with E-state index in [9.17, 15) is 14.4 Å². The van der Waals surface area contributed by atoms with Gasteiger partial charge in [-0.15, -0.1) is 22.7 Å². The summed E-state index contributed by atoms with van der Waals surface area (Å²) in [6, 6.07) is 13.7. The fourth-order valence-corrected chi connectivity index (χ4v) is 3.64. The molecular weight excluding hydrogens is 382 g/mol. The molecule has 2 aromatic heterocycles. The van der Waals surface area contributed by atoms with Gasteiger partial charge in [0.1, 0.15) is 0 Å². The SMILES string of the molecule is O=C(OCCCC(=O)c1cccs1)c1ccc(NC(=O)c2cccs2)cc1. The number of Topliss-reactive ketones (excluding diaryl/α,β-unsaturated/α-hetero) is 1. The van der Waals surface area contributed by atoms with Crippen LogP contribution in [0.15, 0.2) is 59.3 Å². The average molecular weight is 399 g/mol. The van der Waals surface area contributed by atoms with Gasteiger partial charge < -0.3 is 10.1 Å². The zero-order chi connectivity index (χ0) is 19.1. The topological polar surface area (TPSA) is 72.5 Å². The molecule has 0 aliphatic carbocycles. The van der Waals surface area contributed by atoms with Crippen molar-refractivity contribution >= 4 is 46.0 Å². The lowest BCUT2D eigenvalue weighted by Crippen LogP contribution is -2.11. The first-order valence-corrected chi connectivity index (χ1v) is 10.1. The van der Waals surface area contributed by atoms with Crippen LogP contribution in [-0.4, -0.2) is 24.3 Å². The Bertz CT molecular complexity index is 900. The number of esters is 1. The zero-order valence-electron chi connectivity index (χ0n) is 14.3. The number of carbonyl (C=O) groups excluding carboxylic acids is 3. The van der Waals surface area contributed by atoms with Gasteiger partial charge in [-0.3, -0.25) is 9.59 Å². The molecule has 0 saturated carbocycles. The summed E-state index contributed by atoms with van der Waals surface area (Å²) >= 11 is 2.77. The lowest BCUT2D eigenvalue weighted by molar-refractivity contribution is 0.0494. The average Bonchev–Trinajstić information content (AvgIpc) is 3.39. The molecule has 1 amide bonds. The van der Waals surface area contributed by atoms with Gasteiger partial charge in [-0.05, 0) is 53.6 Å². The quantitative estimate of drug-likeness (QED) is 0.333. The van der Waals surface area contributed by atoms with Crippen LogP contribution in [0, 0.1) is 0 Å². The zero-order valence-corrected chi connectivity index (χ0v) is 16.0.